The summed E-state index contributed by atoms with van der Waals surface area (Å²) < 4.78 is 39.5. The van der Waals surface area contributed by atoms with Crippen molar-refractivity contribution in [1.29, 1.82) is 0 Å². The Labute approximate surface area is 105 Å². The van der Waals surface area contributed by atoms with Crippen molar-refractivity contribution in [2.75, 3.05) is 13.1 Å². The predicted molar refractivity (Wildman–Crippen MR) is 64.1 cm³/mol. The zero-order valence-corrected chi connectivity index (χ0v) is 11.4. The van der Waals surface area contributed by atoms with Crippen LogP contribution in [-0.2, 0) is 6.18 Å². The summed E-state index contributed by atoms with van der Waals surface area (Å²) in [4.78, 5) is 0. The van der Waals surface area contributed by atoms with E-state index in [0.29, 0.717) is 9.06 Å². The van der Waals surface area contributed by atoms with Crippen LogP contribution in [0, 0.1) is 0 Å². The molecule has 1 N–H and O–H groups in total. The molecule has 1 saturated heterocycles. The Morgan fingerprint density at radius 1 is 1.12 bits per heavy atom. The van der Waals surface area contributed by atoms with Gasteiger partial charge < -0.3 is 0 Å². The summed E-state index contributed by atoms with van der Waals surface area (Å²) in [5, 5.41) is 3.24. The first-order valence-electron chi connectivity index (χ1n) is 5.71. The van der Waals surface area contributed by atoms with Crippen LogP contribution in [0.5, 0.6) is 0 Å². The molecule has 1 aliphatic heterocycles. The Balaban J connectivity index is 2.14. The van der Waals surface area contributed by atoms with Gasteiger partial charge in [0.2, 0.25) is 0 Å². The van der Waals surface area contributed by atoms with Crippen molar-refractivity contribution >= 4 is 20.1 Å². The monoisotopic (exact) mass is 305 g/mol. The third-order valence-electron chi connectivity index (χ3n) is 2.93. The van der Waals surface area contributed by atoms with Crippen molar-refractivity contribution in [2.24, 2.45) is 0 Å². The third kappa shape index (κ3) is 3.49. The molecule has 0 aliphatic carbocycles. The van der Waals surface area contributed by atoms with Gasteiger partial charge in [0.15, 0.2) is 0 Å². The molecule has 94 valence electrons. The van der Waals surface area contributed by atoms with E-state index >= 15 is 0 Å². The average molecular weight is 305 g/mol. The quantitative estimate of drug-likeness (QED) is 0.824. The van der Waals surface area contributed by atoms with Gasteiger partial charge in [-0.3, -0.25) is 0 Å². The standard InChI is InChI=1S/C12H15AsF3N/c14-12(15,16)10-3-1-2-4-11(10)13-9-5-7-17-8-6-9/h1-4,9,13,17H,5-8H2. The molecule has 0 aromatic heterocycles. The number of rotatable bonds is 2. The van der Waals surface area contributed by atoms with Crippen molar-refractivity contribution in [3.63, 3.8) is 0 Å². The van der Waals surface area contributed by atoms with Crippen LogP contribution in [0.25, 0.3) is 0 Å². The van der Waals surface area contributed by atoms with Crippen molar-refractivity contribution in [1.82, 2.24) is 5.32 Å². The van der Waals surface area contributed by atoms with E-state index in [0.717, 1.165) is 25.9 Å². The Kier molecular flexibility index (Phi) is 4.16. The topological polar surface area (TPSA) is 12.0 Å². The zero-order chi connectivity index (χ0) is 12.3. The van der Waals surface area contributed by atoms with Gasteiger partial charge in [0, 0.05) is 0 Å². The molecule has 1 nitrogen and oxygen atoms in total. The van der Waals surface area contributed by atoms with Crippen molar-refractivity contribution in [3.8, 4) is 0 Å². The SMILES string of the molecule is FC(F)(F)c1ccccc1[AsH]C1CCNCC1. The Bertz CT molecular complexity index is 372. The van der Waals surface area contributed by atoms with Crippen molar-refractivity contribution in [2.45, 2.75) is 23.7 Å². The molecule has 1 heterocycles. The number of alkyl halides is 3. The first-order chi connectivity index (χ1) is 8.07. The van der Waals surface area contributed by atoms with E-state index < -0.39 is 27.5 Å². The number of nitrogens with one attached hydrogen (secondary N) is 1. The zero-order valence-electron chi connectivity index (χ0n) is 9.35. The molecular weight excluding hydrogens is 290 g/mol. The fourth-order valence-electron chi connectivity index (χ4n) is 2.04. The van der Waals surface area contributed by atoms with Gasteiger partial charge in [0.1, 0.15) is 0 Å². The summed E-state index contributed by atoms with van der Waals surface area (Å²) in [6.45, 7) is 1.89. The third-order valence-corrected chi connectivity index (χ3v) is 6.57. The molecule has 0 saturated carbocycles. The van der Waals surface area contributed by atoms with Crippen molar-refractivity contribution < 1.29 is 13.2 Å². The number of hydrogen-bond acceptors (Lipinski definition) is 1. The van der Waals surface area contributed by atoms with E-state index in [1.54, 1.807) is 12.1 Å². The Hall–Kier alpha value is -0.472. The molecule has 1 aromatic rings. The van der Waals surface area contributed by atoms with Crippen LogP contribution in [0.4, 0.5) is 13.2 Å². The molecular formula is C12H15AsF3N. The fourth-order valence-corrected chi connectivity index (χ4v) is 5.38. The van der Waals surface area contributed by atoms with Gasteiger partial charge in [-0.15, -0.1) is 0 Å². The predicted octanol–water partition coefficient (Wildman–Crippen LogP) is 1.94. The summed E-state index contributed by atoms with van der Waals surface area (Å²) in [5.41, 5.74) is -0.418. The second-order valence-electron chi connectivity index (χ2n) is 4.21. The van der Waals surface area contributed by atoms with Crippen LogP contribution >= 0.6 is 0 Å². The van der Waals surface area contributed by atoms with Crippen LogP contribution in [-0.4, -0.2) is 28.8 Å². The Morgan fingerprint density at radius 2 is 1.76 bits per heavy atom. The molecule has 17 heavy (non-hydrogen) atoms. The van der Waals surface area contributed by atoms with E-state index in [9.17, 15) is 13.2 Å². The first kappa shape index (κ1) is 13.0. The van der Waals surface area contributed by atoms with E-state index in [2.05, 4.69) is 5.32 Å². The summed E-state index contributed by atoms with van der Waals surface area (Å²) in [6.07, 6.45) is -2.16. The molecule has 1 aliphatic rings. The van der Waals surface area contributed by atoms with Gasteiger partial charge >= 0.3 is 105 Å². The van der Waals surface area contributed by atoms with Crippen LogP contribution in [0.1, 0.15) is 18.4 Å². The minimum atomic E-state index is -4.20. The number of hydrogen-bond donors (Lipinski definition) is 1. The molecule has 0 amide bonds. The summed E-state index contributed by atoms with van der Waals surface area (Å²) in [7, 11) is 0. The maximum atomic E-state index is 12.8. The minimum absolute atomic E-state index is 0.418. The molecule has 2 rings (SSSR count). The van der Waals surface area contributed by atoms with Crippen LogP contribution < -0.4 is 9.67 Å². The summed E-state index contributed by atoms with van der Waals surface area (Å²) >= 11 is -0.689. The molecule has 0 bridgehead atoms. The van der Waals surface area contributed by atoms with Crippen molar-refractivity contribution in [3.05, 3.63) is 29.8 Å². The van der Waals surface area contributed by atoms with Gasteiger partial charge in [-0.2, -0.15) is 0 Å². The van der Waals surface area contributed by atoms with Gasteiger partial charge in [-0.1, -0.05) is 0 Å². The normalized spacial score (nSPS) is 19.0. The van der Waals surface area contributed by atoms with Crippen LogP contribution in [0.15, 0.2) is 24.3 Å². The average Bonchev–Trinajstić information content (AvgIpc) is 2.30. The fraction of sp³-hybridized carbons (Fsp3) is 0.500. The van der Waals surface area contributed by atoms with E-state index in [4.69, 9.17) is 0 Å². The molecule has 1 unspecified atom stereocenters. The van der Waals surface area contributed by atoms with E-state index in [-0.39, 0.29) is 0 Å². The molecule has 1 fully saturated rings. The second kappa shape index (κ2) is 5.45. The van der Waals surface area contributed by atoms with E-state index in [1.807, 2.05) is 0 Å². The number of piperidine rings is 1. The second-order valence-corrected chi connectivity index (χ2v) is 7.66. The summed E-state index contributed by atoms with van der Waals surface area (Å²) in [6, 6.07) is 6.06. The summed E-state index contributed by atoms with van der Waals surface area (Å²) in [5.74, 6) is 0. The first-order valence-corrected chi connectivity index (χ1v) is 7.97. The molecule has 0 spiro atoms. The molecule has 1 aromatic carbocycles. The van der Waals surface area contributed by atoms with E-state index in [1.165, 1.54) is 12.1 Å². The molecule has 5 heteroatoms. The Morgan fingerprint density at radius 3 is 2.41 bits per heavy atom. The van der Waals surface area contributed by atoms with Gasteiger partial charge in [0.05, 0.1) is 0 Å². The maximum absolute atomic E-state index is 12.8. The molecule has 1 atom stereocenters. The van der Waals surface area contributed by atoms with Crippen LogP contribution in [0.3, 0.4) is 0 Å². The van der Waals surface area contributed by atoms with Crippen LogP contribution in [0.2, 0.25) is 4.71 Å². The molecule has 0 radical (unpaired) electrons. The van der Waals surface area contributed by atoms with Gasteiger partial charge in [0.25, 0.3) is 0 Å². The number of halogens is 3. The van der Waals surface area contributed by atoms with Gasteiger partial charge in [-0.25, -0.2) is 0 Å². The number of benzene rings is 1. The van der Waals surface area contributed by atoms with Gasteiger partial charge in [-0.05, 0) is 0 Å².